The molecule has 0 saturated carbocycles. The average Bonchev–Trinajstić information content (AvgIpc) is 2.53. The highest BCUT2D eigenvalue weighted by Gasteiger charge is 2.33. The SMILES string of the molecule is CC1(C)CCN(C(=O)C(N)CCS(C)(=O)=O)C1. The van der Waals surface area contributed by atoms with E-state index in [4.69, 9.17) is 5.73 Å². The van der Waals surface area contributed by atoms with Crippen LogP contribution in [0.5, 0.6) is 0 Å². The summed E-state index contributed by atoms with van der Waals surface area (Å²) in [6.45, 7) is 5.65. The van der Waals surface area contributed by atoms with E-state index in [1.165, 1.54) is 0 Å². The third kappa shape index (κ3) is 4.63. The van der Waals surface area contributed by atoms with Crippen LogP contribution in [0.2, 0.25) is 0 Å². The summed E-state index contributed by atoms with van der Waals surface area (Å²) in [6.07, 6.45) is 2.33. The Morgan fingerprint density at radius 1 is 1.47 bits per heavy atom. The first kappa shape index (κ1) is 14.4. The van der Waals surface area contributed by atoms with Crippen LogP contribution >= 0.6 is 0 Å². The number of hydrogen-bond acceptors (Lipinski definition) is 4. The number of carbonyl (C=O) groups is 1. The zero-order chi connectivity index (χ0) is 13.3. The molecular weight excluding hydrogens is 240 g/mol. The Hall–Kier alpha value is -0.620. The molecule has 1 aliphatic heterocycles. The molecule has 1 heterocycles. The van der Waals surface area contributed by atoms with Gasteiger partial charge < -0.3 is 10.6 Å². The van der Waals surface area contributed by atoms with Crippen molar-refractivity contribution < 1.29 is 13.2 Å². The van der Waals surface area contributed by atoms with Gasteiger partial charge >= 0.3 is 0 Å². The maximum Gasteiger partial charge on any atom is 0.239 e. The Morgan fingerprint density at radius 2 is 2.06 bits per heavy atom. The Kier molecular flexibility index (Phi) is 4.19. The molecule has 1 aliphatic rings. The molecule has 0 aromatic carbocycles. The molecule has 0 aromatic rings. The Bertz CT molecular complexity index is 390. The first-order chi connectivity index (χ1) is 7.61. The van der Waals surface area contributed by atoms with Gasteiger partial charge in [0, 0.05) is 19.3 Å². The standard InChI is InChI=1S/C11H22N2O3S/c1-11(2)5-6-13(8-11)10(14)9(12)4-7-17(3,15)16/h9H,4-8,12H2,1-3H3. The first-order valence-electron chi connectivity index (χ1n) is 5.83. The van der Waals surface area contributed by atoms with Crippen molar-refractivity contribution in [2.75, 3.05) is 25.1 Å². The molecule has 6 heteroatoms. The van der Waals surface area contributed by atoms with Crippen LogP contribution in [0.25, 0.3) is 0 Å². The second-order valence-corrected chi connectivity index (χ2v) is 7.96. The Morgan fingerprint density at radius 3 is 2.47 bits per heavy atom. The molecule has 1 amide bonds. The summed E-state index contributed by atoms with van der Waals surface area (Å²) in [6, 6.07) is -0.696. The van der Waals surface area contributed by atoms with Crippen LogP contribution in [0.15, 0.2) is 0 Å². The fourth-order valence-corrected chi connectivity index (χ4v) is 2.68. The highest BCUT2D eigenvalue weighted by atomic mass is 32.2. The molecule has 0 spiro atoms. The summed E-state index contributed by atoms with van der Waals surface area (Å²) in [5.74, 6) is -0.156. The molecule has 0 aromatic heterocycles. The van der Waals surface area contributed by atoms with E-state index in [9.17, 15) is 13.2 Å². The van der Waals surface area contributed by atoms with Crippen molar-refractivity contribution in [3.63, 3.8) is 0 Å². The fraction of sp³-hybridized carbons (Fsp3) is 0.909. The van der Waals surface area contributed by atoms with E-state index < -0.39 is 15.9 Å². The number of hydrogen-bond donors (Lipinski definition) is 1. The van der Waals surface area contributed by atoms with E-state index >= 15 is 0 Å². The minimum atomic E-state index is -3.05. The molecule has 17 heavy (non-hydrogen) atoms. The lowest BCUT2D eigenvalue weighted by Crippen LogP contribution is -2.44. The molecule has 1 atom stereocenters. The molecular formula is C11H22N2O3S. The zero-order valence-corrected chi connectivity index (χ0v) is 11.6. The summed E-state index contributed by atoms with van der Waals surface area (Å²) in [5.41, 5.74) is 5.88. The van der Waals surface area contributed by atoms with Gasteiger partial charge in [0.25, 0.3) is 0 Å². The van der Waals surface area contributed by atoms with Crippen molar-refractivity contribution in [3.05, 3.63) is 0 Å². The molecule has 2 N–H and O–H groups in total. The normalized spacial score (nSPS) is 21.5. The van der Waals surface area contributed by atoms with E-state index in [1.54, 1.807) is 4.90 Å². The van der Waals surface area contributed by atoms with Crippen LogP contribution in [-0.2, 0) is 14.6 Å². The number of amides is 1. The lowest BCUT2D eigenvalue weighted by Gasteiger charge is -2.22. The molecule has 0 radical (unpaired) electrons. The predicted molar refractivity (Wildman–Crippen MR) is 67.3 cm³/mol. The highest BCUT2D eigenvalue weighted by Crippen LogP contribution is 2.29. The number of likely N-dealkylation sites (tertiary alicyclic amines) is 1. The summed E-state index contributed by atoms with van der Waals surface area (Å²) in [4.78, 5) is 13.7. The van der Waals surface area contributed by atoms with Gasteiger partial charge in [0.15, 0.2) is 0 Å². The fourth-order valence-electron chi connectivity index (χ4n) is 2.00. The third-order valence-corrected chi connectivity index (χ3v) is 4.08. The van der Waals surface area contributed by atoms with Crippen molar-refractivity contribution in [1.82, 2.24) is 4.90 Å². The Balaban J connectivity index is 2.48. The van der Waals surface area contributed by atoms with Gasteiger partial charge in [-0.3, -0.25) is 4.79 Å². The second-order valence-electron chi connectivity index (χ2n) is 5.70. The van der Waals surface area contributed by atoms with Gasteiger partial charge in [-0.1, -0.05) is 13.8 Å². The topological polar surface area (TPSA) is 80.5 Å². The molecule has 0 bridgehead atoms. The van der Waals surface area contributed by atoms with Gasteiger partial charge in [-0.2, -0.15) is 0 Å². The van der Waals surface area contributed by atoms with E-state index in [0.29, 0.717) is 6.54 Å². The molecule has 1 rings (SSSR count). The molecule has 1 unspecified atom stereocenters. The minimum Gasteiger partial charge on any atom is -0.341 e. The van der Waals surface area contributed by atoms with Crippen molar-refractivity contribution in [3.8, 4) is 0 Å². The molecule has 1 saturated heterocycles. The van der Waals surface area contributed by atoms with Gasteiger partial charge in [-0.05, 0) is 18.3 Å². The summed E-state index contributed by atoms with van der Waals surface area (Å²) in [5, 5.41) is 0. The lowest BCUT2D eigenvalue weighted by atomic mass is 9.93. The summed E-state index contributed by atoms with van der Waals surface area (Å²) < 4.78 is 22.0. The average molecular weight is 262 g/mol. The van der Waals surface area contributed by atoms with Gasteiger partial charge in [0.2, 0.25) is 5.91 Å². The van der Waals surface area contributed by atoms with Crippen LogP contribution in [0.1, 0.15) is 26.7 Å². The van der Waals surface area contributed by atoms with Crippen LogP contribution in [0.4, 0.5) is 0 Å². The maximum atomic E-state index is 12.0. The molecule has 5 nitrogen and oxygen atoms in total. The van der Waals surface area contributed by atoms with Gasteiger partial charge in [0.1, 0.15) is 9.84 Å². The van der Waals surface area contributed by atoms with Crippen molar-refractivity contribution in [2.24, 2.45) is 11.1 Å². The molecule has 100 valence electrons. The Labute approximate surface area is 103 Å². The quantitative estimate of drug-likeness (QED) is 0.773. The number of sulfone groups is 1. The monoisotopic (exact) mass is 262 g/mol. The van der Waals surface area contributed by atoms with Crippen molar-refractivity contribution in [1.29, 1.82) is 0 Å². The van der Waals surface area contributed by atoms with Crippen LogP contribution in [0.3, 0.4) is 0 Å². The van der Waals surface area contributed by atoms with Gasteiger partial charge in [0.05, 0.1) is 11.8 Å². The van der Waals surface area contributed by atoms with E-state index in [1.807, 2.05) is 0 Å². The van der Waals surface area contributed by atoms with E-state index in [2.05, 4.69) is 13.8 Å². The summed E-state index contributed by atoms with van der Waals surface area (Å²) >= 11 is 0. The number of carbonyl (C=O) groups excluding carboxylic acids is 1. The van der Waals surface area contributed by atoms with E-state index in [0.717, 1.165) is 19.2 Å². The lowest BCUT2D eigenvalue weighted by molar-refractivity contribution is -0.131. The predicted octanol–water partition coefficient (Wildman–Crippen LogP) is 0.00690. The van der Waals surface area contributed by atoms with Crippen molar-refractivity contribution in [2.45, 2.75) is 32.7 Å². The smallest absolute Gasteiger partial charge is 0.239 e. The zero-order valence-electron chi connectivity index (χ0n) is 10.8. The second kappa shape index (κ2) is 4.94. The van der Waals surface area contributed by atoms with Crippen LogP contribution in [0, 0.1) is 5.41 Å². The minimum absolute atomic E-state index is 0.0306. The molecule has 1 fully saturated rings. The highest BCUT2D eigenvalue weighted by molar-refractivity contribution is 7.90. The van der Waals surface area contributed by atoms with Crippen LogP contribution < -0.4 is 5.73 Å². The third-order valence-electron chi connectivity index (χ3n) is 3.11. The number of rotatable bonds is 4. The number of nitrogens with zero attached hydrogens (tertiary/aromatic N) is 1. The van der Waals surface area contributed by atoms with Crippen LogP contribution in [-0.4, -0.2) is 50.4 Å². The molecule has 0 aliphatic carbocycles. The van der Waals surface area contributed by atoms with Gasteiger partial charge in [-0.25, -0.2) is 8.42 Å². The van der Waals surface area contributed by atoms with Crippen molar-refractivity contribution >= 4 is 15.7 Å². The number of nitrogens with two attached hydrogens (primary N) is 1. The summed E-state index contributed by atoms with van der Waals surface area (Å²) in [7, 11) is -3.05. The largest absolute Gasteiger partial charge is 0.341 e. The first-order valence-corrected chi connectivity index (χ1v) is 7.89. The maximum absolute atomic E-state index is 12.0. The van der Waals surface area contributed by atoms with E-state index in [-0.39, 0.29) is 23.5 Å². The van der Waals surface area contributed by atoms with Gasteiger partial charge in [-0.15, -0.1) is 0 Å².